The van der Waals surface area contributed by atoms with E-state index >= 15 is 0 Å². The van der Waals surface area contributed by atoms with Crippen molar-refractivity contribution in [2.75, 3.05) is 0 Å². The number of carboxylic acids is 1. The molecule has 7 heteroatoms. The molecular weight excluding hydrogens is 255 g/mol. The predicted molar refractivity (Wildman–Crippen MR) is 60.5 cm³/mol. The van der Waals surface area contributed by atoms with Gasteiger partial charge in [-0.3, -0.25) is 4.98 Å². The van der Waals surface area contributed by atoms with Crippen LogP contribution >= 0.6 is 0 Å². The second kappa shape index (κ2) is 5.48. The third kappa shape index (κ3) is 2.37. The van der Waals surface area contributed by atoms with Gasteiger partial charge in [-0.1, -0.05) is 0 Å². The summed E-state index contributed by atoms with van der Waals surface area (Å²) in [6.07, 6.45) is 6.11. The zero-order chi connectivity index (χ0) is 12.5. The third-order valence-electron chi connectivity index (χ3n) is 2.58. The molecule has 0 saturated heterocycles. The van der Waals surface area contributed by atoms with Crippen LogP contribution in [0, 0.1) is 0 Å². The van der Waals surface area contributed by atoms with Gasteiger partial charge >= 0.3 is 29.6 Å². The number of rotatable bonds is 2. The summed E-state index contributed by atoms with van der Waals surface area (Å²) in [4.78, 5) is 18.9. The van der Waals surface area contributed by atoms with Crippen LogP contribution < -0.4 is 34.7 Å². The molecule has 0 fully saturated rings. The van der Waals surface area contributed by atoms with Crippen molar-refractivity contribution in [2.24, 2.45) is 0 Å². The van der Waals surface area contributed by atoms with Crippen molar-refractivity contribution in [1.82, 2.24) is 19.6 Å². The molecule has 3 heterocycles. The van der Waals surface area contributed by atoms with Gasteiger partial charge < -0.3 is 9.90 Å². The molecule has 0 aliphatic rings. The first kappa shape index (κ1) is 13.7. The number of carbonyl (C=O) groups is 1. The van der Waals surface area contributed by atoms with Crippen LogP contribution in [-0.2, 0) is 0 Å². The molecule has 0 aromatic carbocycles. The number of hydrogen-bond donors (Lipinski definition) is 0. The van der Waals surface area contributed by atoms with Gasteiger partial charge in [-0.2, -0.15) is 5.10 Å². The Bertz CT molecular complexity index is 727. The summed E-state index contributed by atoms with van der Waals surface area (Å²) in [5.74, 6) is -1.29. The Balaban J connectivity index is 0.00000133. The molecule has 0 amide bonds. The Kier molecular flexibility index (Phi) is 3.94. The average Bonchev–Trinajstić information content (AvgIpc) is 2.83. The number of aromatic nitrogens is 4. The van der Waals surface area contributed by atoms with Crippen LogP contribution in [0.25, 0.3) is 16.9 Å². The molecule has 88 valence electrons. The second-order valence-corrected chi connectivity index (χ2v) is 3.65. The topological polar surface area (TPSA) is 83.2 Å². The molecule has 0 saturated carbocycles. The molecule has 0 N–H and O–H groups in total. The maximum absolute atomic E-state index is 10.9. The van der Waals surface area contributed by atoms with E-state index in [0.717, 1.165) is 11.3 Å². The van der Waals surface area contributed by atoms with E-state index in [4.69, 9.17) is 0 Å². The van der Waals surface area contributed by atoms with Crippen molar-refractivity contribution < 1.29 is 39.5 Å². The standard InChI is InChI=1S/C12H8N4O2.Na/c17-12(18)9-7-15-16-10(3-5-14-11(9)16)8-2-1-4-13-6-8;/h1-7H,(H,17,18);/q;+1/p-1. The molecule has 0 unspecified atom stereocenters. The van der Waals surface area contributed by atoms with Crippen molar-refractivity contribution in [3.8, 4) is 11.3 Å². The molecule has 3 rings (SSSR count). The summed E-state index contributed by atoms with van der Waals surface area (Å²) in [5.41, 5.74) is 1.79. The number of carboxylic acid groups (broad SMARTS) is 1. The first-order valence-corrected chi connectivity index (χ1v) is 5.22. The normalized spacial score (nSPS) is 10.1. The summed E-state index contributed by atoms with van der Waals surface area (Å²) in [5, 5.41) is 14.9. The zero-order valence-corrected chi connectivity index (χ0v) is 12.1. The van der Waals surface area contributed by atoms with E-state index in [0.29, 0.717) is 0 Å². The van der Waals surface area contributed by atoms with Crippen molar-refractivity contribution in [3.63, 3.8) is 0 Å². The molecule has 3 aromatic rings. The molecule has 0 aliphatic heterocycles. The number of aromatic carboxylic acids is 1. The minimum Gasteiger partial charge on any atom is -0.545 e. The summed E-state index contributed by atoms with van der Waals surface area (Å²) in [7, 11) is 0. The smallest absolute Gasteiger partial charge is 0.545 e. The number of fused-ring (bicyclic) bond motifs is 1. The van der Waals surface area contributed by atoms with E-state index in [2.05, 4.69) is 15.1 Å². The summed E-state index contributed by atoms with van der Waals surface area (Å²) < 4.78 is 1.46. The number of hydrogen-bond acceptors (Lipinski definition) is 5. The molecule has 0 atom stereocenters. The third-order valence-corrected chi connectivity index (χ3v) is 2.58. The first-order valence-electron chi connectivity index (χ1n) is 5.22. The molecule has 6 nitrogen and oxygen atoms in total. The fraction of sp³-hybridized carbons (Fsp3) is 0. The Labute approximate surface area is 130 Å². The molecule has 0 spiro atoms. The molecular formula is C12H7N4NaO2. The Morgan fingerprint density at radius 2 is 2.05 bits per heavy atom. The van der Waals surface area contributed by atoms with Gasteiger partial charge in [0.2, 0.25) is 0 Å². The van der Waals surface area contributed by atoms with E-state index in [1.54, 1.807) is 24.5 Å². The van der Waals surface area contributed by atoms with Gasteiger partial charge in [-0.25, -0.2) is 9.50 Å². The Morgan fingerprint density at radius 3 is 2.74 bits per heavy atom. The van der Waals surface area contributed by atoms with Crippen LogP contribution in [0.2, 0.25) is 0 Å². The summed E-state index contributed by atoms with van der Waals surface area (Å²) in [6, 6.07) is 5.41. The maximum Gasteiger partial charge on any atom is 1.00 e. The number of pyridine rings is 1. The van der Waals surface area contributed by atoms with E-state index in [9.17, 15) is 9.90 Å². The zero-order valence-electron chi connectivity index (χ0n) is 10.1. The van der Waals surface area contributed by atoms with Gasteiger partial charge in [0.25, 0.3) is 0 Å². The second-order valence-electron chi connectivity index (χ2n) is 3.65. The van der Waals surface area contributed by atoms with Gasteiger partial charge in [0.1, 0.15) is 0 Å². The monoisotopic (exact) mass is 262 g/mol. The van der Waals surface area contributed by atoms with Gasteiger partial charge in [-0.05, 0) is 18.2 Å². The van der Waals surface area contributed by atoms with Crippen LogP contribution in [0.1, 0.15) is 10.4 Å². The molecule has 0 bridgehead atoms. The Morgan fingerprint density at radius 1 is 1.21 bits per heavy atom. The minimum atomic E-state index is -1.29. The van der Waals surface area contributed by atoms with Gasteiger partial charge in [0, 0.05) is 24.2 Å². The van der Waals surface area contributed by atoms with E-state index < -0.39 is 5.97 Å². The van der Waals surface area contributed by atoms with Crippen molar-refractivity contribution in [1.29, 1.82) is 0 Å². The first-order chi connectivity index (χ1) is 8.77. The van der Waals surface area contributed by atoms with Crippen LogP contribution in [0.3, 0.4) is 0 Å². The van der Waals surface area contributed by atoms with E-state index in [1.165, 1.54) is 16.9 Å². The van der Waals surface area contributed by atoms with Gasteiger partial charge in [0.05, 0.1) is 23.4 Å². The summed E-state index contributed by atoms with van der Waals surface area (Å²) >= 11 is 0. The van der Waals surface area contributed by atoms with Crippen molar-refractivity contribution >= 4 is 11.6 Å². The van der Waals surface area contributed by atoms with Crippen LogP contribution in [0.5, 0.6) is 0 Å². The fourth-order valence-electron chi connectivity index (χ4n) is 1.77. The molecule has 3 aromatic heterocycles. The van der Waals surface area contributed by atoms with Crippen LogP contribution in [0.4, 0.5) is 0 Å². The predicted octanol–water partition coefficient (Wildman–Crippen LogP) is -2.84. The van der Waals surface area contributed by atoms with E-state index in [-0.39, 0.29) is 40.8 Å². The number of carbonyl (C=O) groups excluding carboxylic acids is 1. The van der Waals surface area contributed by atoms with Crippen LogP contribution in [-0.4, -0.2) is 25.6 Å². The molecule has 19 heavy (non-hydrogen) atoms. The quantitative estimate of drug-likeness (QED) is 0.464. The van der Waals surface area contributed by atoms with Gasteiger partial charge in [0.15, 0.2) is 5.65 Å². The van der Waals surface area contributed by atoms with Gasteiger partial charge in [-0.15, -0.1) is 0 Å². The summed E-state index contributed by atoms with van der Waals surface area (Å²) in [6.45, 7) is 0. The van der Waals surface area contributed by atoms with Crippen LogP contribution in [0.15, 0.2) is 43.0 Å². The Hall–Kier alpha value is -1.76. The molecule has 0 radical (unpaired) electrons. The largest absolute Gasteiger partial charge is 1.00 e. The maximum atomic E-state index is 10.9. The van der Waals surface area contributed by atoms with Crippen molar-refractivity contribution in [3.05, 3.63) is 48.5 Å². The number of nitrogens with zero attached hydrogens (tertiary/aromatic N) is 4. The van der Waals surface area contributed by atoms with Crippen molar-refractivity contribution in [2.45, 2.75) is 0 Å². The SMILES string of the molecule is O=C([O-])c1cnn2c(-c3cccnc3)ccnc12.[Na+]. The average molecular weight is 262 g/mol. The molecule has 0 aliphatic carbocycles. The van der Waals surface area contributed by atoms with E-state index in [1.807, 2.05) is 6.07 Å². The minimum absolute atomic E-state index is 0. The fourth-order valence-corrected chi connectivity index (χ4v) is 1.77.